The number of carbonyl (C=O) groups is 1. The molecule has 1 saturated heterocycles. The van der Waals surface area contributed by atoms with Gasteiger partial charge < -0.3 is 20.3 Å². The van der Waals surface area contributed by atoms with E-state index < -0.39 is 11.9 Å². The molecule has 2 aromatic rings. The summed E-state index contributed by atoms with van der Waals surface area (Å²) in [6, 6.07) is 3.91. The lowest BCUT2D eigenvalue weighted by atomic mass is 10.1. The van der Waals surface area contributed by atoms with Crippen molar-refractivity contribution in [1.82, 2.24) is 25.0 Å². The standard InChI is InChI=1S/C29H33F3N6O2/c1-21(7-5-14-33-2)25-19-26(29(30,31)32)38(36-25)24-12-13-27(34-20-24)35-28(39)22-8-3-10-23(11-4-9-22)37-15-6-17-40-18-16-37/h3,5,7,9-14,19-20,33H,4,6,8,15-18H2,1-2H3,(H,34,35,39)/b10-3-,14-5-,21-7+,22-9+,23-11?. The molecule has 0 bridgehead atoms. The first kappa shape index (κ1) is 28.9. The van der Waals surface area contributed by atoms with Gasteiger partial charge in [-0.1, -0.05) is 24.3 Å². The number of nitrogens with zero attached hydrogens (tertiary/aromatic N) is 4. The van der Waals surface area contributed by atoms with Gasteiger partial charge in [0.15, 0.2) is 0 Å². The first-order chi connectivity index (χ1) is 19.3. The molecule has 8 nitrogen and oxygen atoms in total. The van der Waals surface area contributed by atoms with Crippen molar-refractivity contribution in [3.8, 4) is 5.69 Å². The zero-order valence-electron chi connectivity index (χ0n) is 22.5. The highest BCUT2D eigenvalue weighted by atomic mass is 19.4. The van der Waals surface area contributed by atoms with E-state index in [0.717, 1.165) is 42.6 Å². The smallest absolute Gasteiger partial charge is 0.394 e. The van der Waals surface area contributed by atoms with Crippen LogP contribution < -0.4 is 10.6 Å². The van der Waals surface area contributed by atoms with E-state index in [1.807, 2.05) is 18.2 Å². The molecule has 0 radical (unpaired) electrons. The molecule has 1 amide bonds. The van der Waals surface area contributed by atoms with Crippen molar-refractivity contribution >= 4 is 17.3 Å². The van der Waals surface area contributed by atoms with Gasteiger partial charge in [0.05, 0.1) is 24.2 Å². The fraction of sp³-hybridized carbons (Fsp3) is 0.345. The third-order valence-electron chi connectivity index (χ3n) is 6.44. The zero-order chi connectivity index (χ0) is 28.5. The second kappa shape index (κ2) is 13.3. The van der Waals surface area contributed by atoms with Gasteiger partial charge in [0, 0.05) is 38.0 Å². The van der Waals surface area contributed by atoms with Crippen LogP contribution in [0.25, 0.3) is 11.3 Å². The van der Waals surface area contributed by atoms with Gasteiger partial charge in [0.1, 0.15) is 11.5 Å². The summed E-state index contributed by atoms with van der Waals surface area (Å²) in [6.45, 7) is 4.92. The lowest BCUT2D eigenvalue weighted by Crippen LogP contribution is -2.25. The van der Waals surface area contributed by atoms with E-state index in [2.05, 4.69) is 31.7 Å². The normalized spacial score (nSPS) is 19.2. The van der Waals surface area contributed by atoms with Crippen LogP contribution in [0.5, 0.6) is 0 Å². The zero-order valence-corrected chi connectivity index (χ0v) is 22.5. The molecule has 0 unspecified atom stereocenters. The summed E-state index contributed by atoms with van der Waals surface area (Å²) >= 11 is 0. The Morgan fingerprint density at radius 2 is 2.02 bits per heavy atom. The molecule has 212 valence electrons. The quantitative estimate of drug-likeness (QED) is 0.456. The van der Waals surface area contributed by atoms with Crippen LogP contribution in [-0.4, -0.2) is 58.9 Å². The van der Waals surface area contributed by atoms with Crippen molar-refractivity contribution in [2.45, 2.75) is 32.4 Å². The SMILES string of the molecule is CN/C=C\C=C(/C)c1cc(C(F)(F)F)n(-c2ccc(NC(=O)/C3=C/CC=C(N4CCCOCC4)/C=C\C3)nc2)n1. The highest BCUT2D eigenvalue weighted by Gasteiger charge is 2.36. The van der Waals surface area contributed by atoms with Crippen molar-refractivity contribution < 1.29 is 22.7 Å². The van der Waals surface area contributed by atoms with Crippen LogP contribution in [0.15, 0.2) is 78.3 Å². The fourth-order valence-corrected chi connectivity index (χ4v) is 4.33. The predicted octanol–water partition coefficient (Wildman–Crippen LogP) is 5.24. The van der Waals surface area contributed by atoms with Crippen molar-refractivity contribution in [3.05, 3.63) is 89.7 Å². The summed E-state index contributed by atoms with van der Waals surface area (Å²) in [5.74, 6) is -0.0756. The predicted molar refractivity (Wildman–Crippen MR) is 148 cm³/mol. The van der Waals surface area contributed by atoms with Gasteiger partial charge in [-0.25, -0.2) is 9.67 Å². The number of allylic oxidation sites excluding steroid dienone is 7. The van der Waals surface area contributed by atoms with E-state index in [-0.39, 0.29) is 23.1 Å². The summed E-state index contributed by atoms with van der Waals surface area (Å²) in [5.41, 5.74) is 1.67. The maximum absolute atomic E-state index is 13.8. The Kier molecular flexibility index (Phi) is 9.60. The van der Waals surface area contributed by atoms with Gasteiger partial charge in [-0.3, -0.25) is 4.79 Å². The van der Waals surface area contributed by atoms with Crippen molar-refractivity contribution in [3.63, 3.8) is 0 Å². The first-order valence-electron chi connectivity index (χ1n) is 13.1. The number of alkyl halides is 3. The van der Waals surface area contributed by atoms with Gasteiger partial charge in [-0.2, -0.15) is 18.3 Å². The van der Waals surface area contributed by atoms with E-state index >= 15 is 0 Å². The average molecular weight is 555 g/mol. The number of aromatic nitrogens is 3. The molecule has 40 heavy (non-hydrogen) atoms. The molecule has 0 atom stereocenters. The van der Waals surface area contributed by atoms with Crippen LogP contribution in [0, 0.1) is 0 Å². The van der Waals surface area contributed by atoms with Gasteiger partial charge in [0.2, 0.25) is 0 Å². The summed E-state index contributed by atoms with van der Waals surface area (Å²) in [6.07, 6.45) is 11.6. The van der Waals surface area contributed by atoms with E-state index in [0.29, 0.717) is 30.6 Å². The van der Waals surface area contributed by atoms with E-state index in [4.69, 9.17) is 4.74 Å². The molecule has 2 aliphatic rings. The second-order valence-corrected chi connectivity index (χ2v) is 9.33. The minimum Gasteiger partial charge on any atom is -0.394 e. The maximum Gasteiger partial charge on any atom is 0.433 e. The number of hydrogen-bond donors (Lipinski definition) is 2. The molecule has 3 heterocycles. The highest BCUT2D eigenvalue weighted by Crippen LogP contribution is 2.33. The second-order valence-electron chi connectivity index (χ2n) is 9.33. The van der Waals surface area contributed by atoms with E-state index in [1.165, 1.54) is 18.3 Å². The number of amides is 1. The molecular formula is C29H33F3N6O2. The number of nitrogens with one attached hydrogen (secondary N) is 2. The number of carbonyl (C=O) groups excluding carboxylic acids is 1. The number of hydrogen-bond acceptors (Lipinski definition) is 6. The Morgan fingerprint density at radius 3 is 2.77 bits per heavy atom. The molecule has 2 aromatic heterocycles. The number of rotatable bonds is 7. The van der Waals surface area contributed by atoms with Crippen LogP contribution >= 0.6 is 0 Å². The number of anilines is 1. The molecule has 0 saturated carbocycles. The topological polar surface area (TPSA) is 84.3 Å². The number of halogens is 3. The highest BCUT2D eigenvalue weighted by molar-refractivity contribution is 6.03. The van der Waals surface area contributed by atoms with Gasteiger partial charge in [0.25, 0.3) is 5.91 Å². The largest absolute Gasteiger partial charge is 0.433 e. The Morgan fingerprint density at radius 1 is 1.18 bits per heavy atom. The van der Waals surface area contributed by atoms with Crippen LogP contribution in [0.3, 0.4) is 0 Å². The van der Waals surface area contributed by atoms with E-state index in [9.17, 15) is 18.0 Å². The third kappa shape index (κ3) is 7.50. The fourth-order valence-electron chi connectivity index (χ4n) is 4.33. The van der Waals surface area contributed by atoms with Crippen molar-refractivity contribution in [2.24, 2.45) is 0 Å². The van der Waals surface area contributed by atoms with Gasteiger partial charge >= 0.3 is 6.18 Å². The molecule has 2 N–H and O–H groups in total. The Balaban J connectivity index is 1.46. The maximum atomic E-state index is 13.8. The first-order valence-corrected chi connectivity index (χ1v) is 13.1. The third-order valence-corrected chi connectivity index (χ3v) is 6.44. The lowest BCUT2D eigenvalue weighted by molar-refractivity contribution is -0.142. The van der Waals surface area contributed by atoms with Crippen LogP contribution in [-0.2, 0) is 15.7 Å². The van der Waals surface area contributed by atoms with Gasteiger partial charge in [-0.15, -0.1) is 0 Å². The summed E-state index contributed by atoms with van der Waals surface area (Å²) < 4.78 is 47.7. The Bertz CT molecular complexity index is 1330. The summed E-state index contributed by atoms with van der Waals surface area (Å²) in [4.78, 5) is 19.4. The minimum absolute atomic E-state index is 0.125. The molecule has 1 fully saturated rings. The molecule has 1 aliphatic carbocycles. The minimum atomic E-state index is -4.62. The Hall–Kier alpha value is -4.12. The molecule has 11 heteroatoms. The number of ether oxygens (including phenoxy) is 1. The van der Waals surface area contributed by atoms with Crippen molar-refractivity contribution in [2.75, 3.05) is 38.7 Å². The summed E-state index contributed by atoms with van der Waals surface area (Å²) in [5, 5.41) is 9.73. The number of pyridine rings is 1. The lowest BCUT2D eigenvalue weighted by Gasteiger charge is -2.23. The molecule has 1 aliphatic heterocycles. The van der Waals surface area contributed by atoms with Crippen molar-refractivity contribution in [1.29, 1.82) is 0 Å². The summed E-state index contributed by atoms with van der Waals surface area (Å²) in [7, 11) is 1.72. The van der Waals surface area contributed by atoms with Gasteiger partial charge in [-0.05, 0) is 68.3 Å². The van der Waals surface area contributed by atoms with Crippen LogP contribution in [0.2, 0.25) is 0 Å². The molecule has 0 spiro atoms. The average Bonchev–Trinajstić information content (AvgIpc) is 3.20. The monoisotopic (exact) mass is 554 g/mol. The van der Waals surface area contributed by atoms with Crippen LogP contribution in [0.1, 0.15) is 37.6 Å². The molecule has 0 aromatic carbocycles. The Labute approximate surface area is 231 Å². The molecule has 4 rings (SSSR count). The van der Waals surface area contributed by atoms with Crippen LogP contribution in [0.4, 0.5) is 19.0 Å². The van der Waals surface area contributed by atoms with E-state index in [1.54, 1.807) is 32.3 Å². The molecular weight excluding hydrogens is 521 g/mol.